The summed E-state index contributed by atoms with van der Waals surface area (Å²) in [5, 5.41) is 3.66. The Balaban J connectivity index is 1.50. The van der Waals surface area contributed by atoms with Gasteiger partial charge in [-0.1, -0.05) is 18.2 Å². The van der Waals surface area contributed by atoms with Gasteiger partial charge >= 0.3 is 0 Å². The first-order valence-corrected chi connectivity index (χ1v) is 13.7. The van der Waals surface area contributed by atoms with Crippen LogP contribution in [0.3, 0.4) is 0 Å². The Morgan fingerprint density at radius 1 is 0.892 bits per heavy atom. The monoisotopic (exact) mass is 520 g/mol. The van der Waals surface area contributed by atoms with E-state index in [0.717, 1.165) is 34.4 Å². The standard InChI is InChI=1S/C29H32N2O5S/c1-17-11-18(2)13-20(12-17)31-37(32,33)21-9-10-25-24(16-21)22-7-6-8-23(22)28(30-25)19-14-26(34-3)29(36-5)27(15-19)35-4/h6-7,9-16,22-23,28,30-31H,8H2,1-5H3. The number of fused-ring (bicyclic) bond motifs is 3. The molecule has 5 rings (SSSR count). The lowest BCUT2D eigenvalue weighted by atomic mass is 9.77. The number of nitrogens with one attached hydrogen (secondary N) is 2. The van der Waals surface area contributed by atoms with E-state index in [4.69, 9.17) is 14.2 Å². The van der Waals surface area contributed by atoms with Gasteiger partial charge in [-0.25, -0.2) is 8.42 Å². The Hall–Kier alpha value is -3.65. The summed E-state index contributed by atoms with van der Waals surface area (Å²) in [6.07, 6.45) is 5.23. The fraction of sp³-hybridized carbons (Fsp3) is 0.310. The zero-order valence-corrected chi connectivity index (χ0v) is 22.5. The molecular weight excluding hydrogens is 488 g/mol. The number of ether oxygens (including phenoxy) is 3. The number of aryl methyl sites for hydroxylation is 2. The van der Waals surface area contributed by atoms with Crippen molar-refractivity contribution in [1.82, 2.24) is 0 Å². The first-order valence-electron chi connectivity index (χ1n) is 12.2. The summed E-state index contributed by atoms with van der Waals surface area (Å²) in [6.45, 7) is 3.90. The normalized spacial score (nSPS) is 20.0. The van der Waals surface area contributed by atoms with Crippen molar-refractivity contribution in [1.29, 1.82) is 0 Å². The number of hydrogen-bond donors (Lipinski definition) is 2. The molecular formula is C29H32N2O5S. The molecule has 2 N–H and O–H groups in total. The van der Waals surface area contributed by atoms with Crippen molar-refractivity contribution in [2.75, 3.05) is 31.4 Å². The zero-order valence-electron chi connectivity index (χ0n) is 21.7. The minimum atomic E-state index is -3.75. The zero-order chi connectivity index (χ0) is 26.3. The van der Waals surface area contributed by atoms with Gasteiger partial charge in [0.05, 0.1) is 32.3 Å². The minimum Gasteiger partial charge on any atom is -0.493 e. The van der Waals surface area contributed by atoms with Gasteiger partial charge in [0.25, 0.3) is 10.0 Å². The van der Waals surface area contributed by atoms with Crippen LogP contribution in [0.15, 0.2) is 65.6 Å². The molecule has 0 saturated heterocycles. The van der Waals surface area contributed by atoms with Crippen LogP contribution in [0.4, 0.5) is 11.4 Å². The van der Waals surface area contributed by atoms with Gasteiger partial charge in [-0.15, -0.1) is 0 Å². The lowest BCUT2D eigenvalue weighted by molar-refractivity contribution is 0.322. The van der Waals surface area contributed by atoms with Gasteiger partial charge in [-0.2, -0.15) is 0 Å². The van der Waals surface area contributed by atoms with Crippen LogP contribution in [0.5, 0.6) is 17.2 Å². The highest BCUT2D eigenvalue weighted by molar-refractivity contribution is 7.92. The second-order valence-corrected chi connectivity index (χ2v) is 11.3. The third-order valence-electron chi connectivity index (χ3n) is 7.16. The Bertz CT molecular complexity index is 1440. The van der Waals surface area contributed by atoms with Gasteiger partial charge in [0.15, 0.2) is 11.5 Å². The van der Waals surface area contributed by atoms with Crippen LogP contribution >= 0.6 is 0 Å². The van der Waals surface area contributed by atoms with Crippen LogP contribution in [0.1, 0.15) is 40.6 Å². The van der Waals surface area contributed by atoms with E-state index in [1.165, 1.54) is 0 Å². The molecule has 0 bridgehead atoms. The Morgan fingerprint density at radius 2 is 1.57 bits per heavy atom. The fourth-order valence-corrected chi connectivity index (χ4v) is 6.67. The van der Waals surface area contributed by atoms with Crippen LogP contribution in [0.25, 0.3) is 0 Å². The quantitative estimate of drug-likeness (QED) is 0.374. The topological polar surface area (TPSA) is 85.9 Å². The molecule has 194 valence electrons. The van der Waals surface area contributed by atoms with Crippen molar-refractivity contribution in [2.24, 2.45) is 5.92 Å². The van der Waals surface area contributed by atoms with Crippen LogP contribution in [-0.2, 0) is 10.0 Å². The molecule has 3 aromatic carbocycles. The van der Waals surface area contributed by atoms with Gasteiger partial charge in [-0.05, 0) is 90.9 Å². The first-order chi connectivity index (χ1) is 17.7. The molecule has 1 aliphatic carbocycles. The Labute approximate surface area is 218 Å². The summed E-state index contributed by atoms with van der Waals surface area (Å²) in [4.78, 5) is 0.248. The molecule has 0 saturated carbocycles. The van der Waals surface area contributed by atoms with Crippen LogP contribution in [-0.4, -0.2) is 29.7 Å². The largest absolute Gasteiger partial charge is 0.493 e. The maximum absolute atomic E-state index is 13.3. The van der Waals surface area contributed by atoms with E-state index in [1.807, 2.05) is 50.2 Å². The summed E-state index contributed by atoms with van der Waals surface area (Å²) in [6, 6.07) is 14.9. The Kier molecular flexibility index (Phi) is 6.54. The molecule has 0 fully saturated rings. The van der Waals surface area contributed by atoms with E-state index in [0.29, 0.717) is 22.9 Å². The van der Waals surface area contributed by atoms with Crippen molar-refractivity contribution < 1.29 is 22.6 Å². The van der Waals surface area contributed by atoms with Gasteiger partial charge < -0.3 is 19.5 Å². The molecule has 2 aliphatic rings. The molecule has 0 amide bonds. The highest BCUT2D eigenvalue weighted by atomic mass is 32.2. The number of allylic oxidation sites excluding steroid dienone is 2. The average molecular weight is 521 g/mol. The van der Waals surface area contributed by atoms with E-state index in [9.17, 15) is 8.42 Å². The van der Waals surface area contributed by atoms with Crippen molar-refractivity contribution in [2.45, 2.75) is 37.1 Å². The fourth-order valence-electron chi connectivity index (χ4n) is 5.60. The summed E-state index contributed by atoms with van der Waals surface area (Å²) in [5.74, 6) is 2.05. The molecule has 0 spiro atoms. The molecule has 1 aliphatic heterocycles. The van der Waals surface area contributed by atoms with Crippen LogP contribution < -0.4 is 24.2 Å². The molecule has 0 radical (unpaired) electrons. The van der Waals surface area contributed by atoms with Crippen molar-refractivity contribution in [3.8, 4) is 17.2 Å². The van der Waals surface area contributed by atoms with Crippen molar-refractivity contribution >= 4 is 21.4 Å². The summed E-state index contributed by atoms with van der Waals surface area (Å²) in [7, 11) is 1.06. The second-order valence-electron chi connectivity index (χ2n) is 9.67. The van der Waals surface area contributed by atoms with E-state index < -0.39 is 10.0 Å². The minimum absolute atomic E-state index is 0.0166. The van der Waals surface area contributed by atoms with E-state index in [-0.39, 0.29) is 22.8 Å². The van der Waals surface area contributed by atoms with Crippen LogP contribution in [0, 0.1) is 19.8 Å². The number of anilines is 2. The molecule has 1 heterocycles. The third-order valence-corrected chi connectivity index (χ3v) is 8.54. The maximum Gasteiger partial charge on any atom is 0.261 e. The highest BCUT2D eigenvalue weighted by Gasteiger charge is 2.39. The maximum atomic E-state index is 13.3. The molecule has 3 atom stereocenters. The SMILES string of the molecule is COc1cc(C2Nc3ccc(S(=O)(=O)Nc4cc(C)cc(C)c4)cc3C3C=CCC32)cc(OC)c1OC. The average Bonchev–Trinajstić information content (AvgIpc) is 3.36. The van der Waals surface area contributed by atoms with Gasteiger partial charge in [-0.3, -0.25) is 4.72 Å². The second kappa shape index (κ2) is 9.67. The molecule has 0 aromatic heterocycles. The molecule has 8 heteroatoms. The van der Waals surface area contributed by atoms with Gasteiger partial charge in [0, 0.05) is 17.3 Å². The smallest absolute Gasteiger partial charge is 0.261 e. The summed E-state index contributed by atoms with van der Waals surface area (Å²) < 4.78 is 46.0. The summed E-state index contributed by atoms with van der Waals surface area (Å²) >= 11 is 0. The predicted molar refractivity (Wildman–Crippen MR) is 146 cm³/mol. The Morgan fingerprint density at radius 3 is 2.19 bits per heavy atom. The number of sulfonamides is 1. The first kappa shape index (κ1) is 25.0. The van der Waals surface area contributed by atoms with E-state index in [1.54, 1.807) is 33.5 Å². The van der Waals surface area contributed by atoms with Crippen LogP contribution in [0.2, 0.25) is 0 Å². The number of methoxy groups -OCH3 is 3. The summed E-state index contributed by atoms with van der Waals surface area (Å²) in [5.41, 5.74) is 5.48. The van der Waals surface area contributed by atoms with Crippen molar-refractivity contribution in [3.05, 3.63) is 82.9 Å². The number of rotatable bonds is 7. The molecule has 3 aromatic rings. The lowest BCUT2D eigenvalue weighted by Crippen LogP contribution is -2.29. The number of hydrogen-bond acceptors (Lipinski definition) is 6. The highest BCUT2D eigenvalue weighted by Crippen LogP contribution is 2.52. The third kappa shape index (κ3) is 4.62. The van der Waals surface area contributed by atoms with E-state index >= 15 is 0 Å². The molecule has 37 heavy (non-hydrogen) atoms. The van der Waals surface area contributed by atoms with Gasteiger partial charge in [0.1, 0.15) is 0 Å². The molecule has 3 unspecified atom stereocenters. The van der Waals surface area contributed by atoms with Gasteiger partial charge in [0.2, 0.25) is 5.75 Å². The number of benzene rings is 3. The van der Waals surface area contributed by atoms with E-state index in [2.05, 4.69) is 22.2 Å². The molecule has 7 nitrogen and oxygen atoms in total. The predicted octanol–water partition coefficient (Wildman–Crippen LogP) is 5.96. The lowest BCUT2D eigenvalue weighted by Gasteiger charge is -2.38. The van der Waals surface area contributed by atoms with Crippen molar-refractivity contribution in [3.63, 3.8) is 0 Å².